The SMILES string of the molecule is CCC(C)C(=O)OC[C@H]1O[C@@H](Sc2cccc(C)c2)[C@H](O)[C@@H](O)[C@@H]1O. The molecule has 1 fully saturated rings. The molecule has 0 saturated carbocycles. The predicted octanol–water partition coefficient (Wildman–Crippen LogP) is 1.48. The Balaban J connectivity index is 2.02. The quantitative estimate of drug-likeness (QED) is 0.653. The molecule has 1 aromatic carbocycles. The van der Waals surface area contributed by atoms with Crippen LogP contribution in [0.15, 0.2) is 29.2 Å². The highest BCUT2D eigenvalue weighted by molar-refractivity contribution is 7.99. The van der Waals surface area contributed by atoms with Crippen LogP contribution in [0.2, 0.25) is 0 Å². The minimum atomic E-state index is -1.37. The van der Waals surface area contributed by atoms with Gasteiger partial charge in [0.2, 0.25) is 0 Å². The molecule has 0 spiro atoms. The van der Waals surface area contributed by atoms with Gasteiger partial charge in [-0.05, 0) is 25.5 Å². The molecule has 1 heterocycles. The number of rotatable bonds is 6. The van der Waals surface area contributed by atoms with Crippen molar-refractivity contribution in [1.29, 1.82) is 0 Å². The van der Waals surface area contributed by atoms with Crippen molar-refractivity contribution < 1.29 is 29.6 Å². The molecule has 0 radical (unpaired) electrons. The molecule has 0 bridgehead atoms. The van der Waals surface area contributed by atoms with Gasteiger partial charge in [-0.2, -0.15) is 0 Å². The molecule has 7 heteroatoms. The highest BCUT2D eigenvalue weighted by Gasteiger charge is 2.44. The number of carbonyl (C=O) groups excluding carboxylic acids is 1. The summed E-state index contributed by atoms with van der Waals surface area (Å²) in [7, 11) is 0. The Hall–Kier alpha value is -1.12. The van der Waals surface area contributed by atoms with E-state index in [1.165, 1.54) is 11.8 Å². The number of aliphatic hydroxyl groups excluding tert-OH is 3. The average Bonchev–Trinajstić information content (AvgIpc) is 2.60. The first kappa shape index (κ1) is 20.2. The molecular weight excluding hydrogens is 344 g/mol. The van der Waals surface area contributed by atoms with Crippen molar-refractivity contribution in [2.45, 2.75) is 61.9 Å². The summed E-state index contributed by atoms with van der Waals surface area (Å²) in [4.78, 5) is 12.7. The van der Waals surface area contributed by atoms with Gasteiger partial charge in [-0.3, -0.25) is 4.79 Å². The van der Waals surface area contributed by atoms with Crippen LogP contribution in [-0.2, 0) is 14.3 Å². The third kappa shape index (κ3) is 5.18. The van der Waals surface area contributed by atoms with Crippen molar-refractivity contribution in [3.8, 4) is 0 Å². The second-order valence-electron chi connectivity index (χ2n) is 6.39. The number of carbonyl (C=O) groups is 1. The fourth-order valence-electron chi connectivity index (χ4n) is 2.45. The van der Waals surface area contributed by atoms with Crippen LogP contribution in [0.1, 0.15) is 25.8 Å². The van der Waals surface area contributed by atoms with E-state index in [-0.39, 0.29) is 18.5 Å². The number of hydrogen-bond acceptors (Lipinski definition) is 7. The summed E-state index contributed by atoms with van der Waals surface area (Å²) in [5.41, 5.74) is 0.294. The fraction of sp³-hybridized carbons (Fsp3) is 0.611. The number of aryl methyl sites for hydroxylation is 1. The number of esters is 1. The third-order valence-electron chi connectivity index (χ3n) is 4.31. The topological polar surface area (TPSA) is 96.2 Å². The van der Waals surface area contributed by atoms with Gasteiger partial charge in [0.15, 0.2) is 0 Å². The molecule has 1 aliphatic rings. The van der Waals surface area contributed by atoms with Crippen molar-refractivity contribution in [2.24, 2.45) is 5.92 Å². The van der Waals surface area contributed by atoms with Crippen molar-refractivity contribution >= 4 is 17.7 Å². The third-order valence-corrected chi connectivity index (χ3v) is 5.46. The maximum absolute atomic E-state index is 11.8. The maximum Gasteiger partial charge on any atom is 0.308 e. The lowest BCUT2D eigenvalue weighted by Gasteiger charge is -2.40. The molecule has 2 rings (SSSR count). The first-order valence-electron chi connectivity index (χ1n) is 8.43. The van der Waals surface area contributed by atoms with Crippen molar-refractivity contribution in [1.82, 2.24) is 0 Å². The summed E-state index contributed by atoms with van der Waals surface area (Å²) < 4.78 is 10.9. The highest BCUT2D eigenvalue weighted by Crippen LogP contribution is 2.33. The van der Waals surface area contributed by atoms with Crippen LogP contribution in [0.3, 0.4) is 0 Å². The number of thioether (sulfide) groups is 1. The van der Waals surface area contributed by atoms with Gasteiger partial charge in [-0.15, -0.1) is 0 Å². The Morgan fingerprint density at radius 3 is 2.64 bits per heavy atom. The summed E-state index contributed by atoms with van der Waals surface area (Å²) in [6.07, 6.45) is -4.19. The first-order chi connectivity index (χ1) is 11.8. The van der Waals surface area contributed by atoms with E-state index in [1.807, 2.05) is 38.1 Å². The lowest BCUT2D eigenvalue weighted by Crippen LogP contribution is -2.57. The number of aliphatic hydroxyl groups is 3. The van der Waals surface area contributed by atoms with E-state index in [0.717, 1.165) is 10.5 Å². The standard InChI is InChI=1S/C18H26O6S/c1-4-11(3)17(22)23-9-13-14(19)15(20)16(21)18(24-13)25-12-7-5-6-10(2)8-12/h5-8,11,13-16,18-21H,4,9H2,1-3H3/t11?,13-,14-,15+,16-,18+/m1/s1. The molecule has 6 atom stereocenters. The molecule has 0 amide bonds. The van der Waals surface area contributed by atoms with Gasteiger partial charge in [0.1, 0.15) is 36.5 Å². The van der Waals surface area contributed by atoms with Crippen LogP contribution in [0.25, 0.3) is 0 Å². The second-order valence-corrected chi connectivity index (χ2v) is 7.56. The van der Waals surface area contributed by atoms with Gasteiger partial charge in [0.05, 0.1) is 5.92 Å². The zero-order chi connectivity index (χ0) is 18.6. The molecule has 0 aliphatic carbocycles. The van der Waals surface area contributed by atoms with Gasteiger partial charge >= 0.3 is 5.97 Å². The molecule has 140 valence electrons. The lowest BCUT2D eigenvalue weighted by atomic mass is 10.0. The number of hydrogen-bond donors (Lipinski definition) is 3. The molecule has 0 aromatic heterocycles. The lowest BCUT2D eigenvalue weighted by molar-refractivity contribution is -0.211. The summed E-state index contributed by atoms with van der Waals surface area (Å²) in [5, 5.41) is 30.4. The molecule has 1 unspecified atom stereocenters. The van der Waals surface area contributed by atoms with Crippen molar-refractivity contribution in [2.75, 3.05) is 6.61 Å². The van der Waals surface area contributed by atoms with Crippen LogP contribution in [0.5, 0.6) is 0 Å². The molecule has 3 N–H and O–H groups in total. The summed E-state index contributed by atoms with van der Waals surface area (Å²) in [6, 6.07) is 7.67. The Morgan fingerprint density at radius 1 is 1.28 bits per heavy atom. The van der Waals surface area contributed by atoms with Crippen LogP contribution in [0, 0.1) is 12.8 Å². The molecule has 1 aromatic rings. The van der Waals surface area contributed by atoms with Crippen LogP contribution < -0.4 is 0 Å². The van der Waals surface area contributed by atoms with Gasteiger partial charge in [0.25, 0.3) is 0 Å². The van der Waals surface area contributed by atoms with Gasteiger partial charge in [0, 0.05) is 4.90 Å². The van der Waals surface area contributed by atoms with Gasteiger partial charge < -0.3 is 24.8 Å². The van der Waals surface area contributed by atoms with E-state index >= 15 is 0 Å². The number of ether oxygens (including phenoxy) is 2. The monoisotopic (exact) mass is 370 g/mol. The van der Waals surface area contributed by atoms with E-state index in [1.54, 1.807) is 6.92 Å². The summed E-state index contributed by atoms with van der Waals surface area (Å²) >= 11 is 1.26. The van der Waals surface area contributed by atoms with Crippen molar-refractivity contribution in [3.05, 3.63) is 29.8 Å². The van der Waals surface area contributed by atoms with E-state index in [9.17, 15) is 20.1 Å². The zero-order valence-electron chi connectivity index (χ0n) is 14.7. The Labute approximate surface area is 152 Å². The summed E-state index contributed by atoms with van der Waals surface area (Å²) in [6.45, 7) is 5.43. The zero-order valence-corrected chi connectivity index (χ0v) is 15.5. The summed E-state index contributed by atoms with van der Waals surface area (Å²) in [5.74, 6) is -0.615. The van der Waals surface area contributed by atoms with E-state index < -0.39 is 29.9 Å². The Morgan fingerprint density at radius 2 is 2.00 bits per heavy atom. The number of benzene rings is 1. The second kappa shape index (κ2) is 9.00. The van der Waals surface area contributed by atoms with E-state index in [4.69, 9.17) is 9.47 Å². The molecule has 1 aliphatic heterocycles. The molecular formula is C18H26O6S. The molecule has 6 nitrogen and oxygen atoms in total. The minimum Gasteiger partial charge on any atom is -0.463 e. The molecule has 25 heavy (non-hydrogen) atoms. The van der Waals surface area contributed by atoms with E-state index in [0.29, 0.717) is 6.42 Å². The van der Waals surface area contributed by atoms with Crippen LogP contribution in [0.4, 0.5) is 0 Å². The van der Waals surface area contributed by atoms with Crippen LogP contribution in [-0.4, -0.2) is 57.7 Å². The smallest absolute Gasteiger partial charge is 0.308 e. The fourth-order valence-corrected chi connectivity index (χ4v) is 3.63. The Kier molecular flexibility index (Phi) is 7.27. The Bertz CT molecular complexity index is 580. The normalized spacial score (nSPS) is 30.7. The average molecular weight is 370 g/mol. The van der Waals surface area contributed by atoms with Gasteiger partial charge in [-0.1, -0.05) is 43.3 Å². The van der Waals surface area contributed by atoms with Crippen LogP contribution >= 0.6 is 11.8 Å². The van der Waals surface area contributed by atoms with Gasteiger partial charge in [-0.25, -0.2) is 0 Å². The minimum absolute atomic E-state index is 0.168. The highest BCUT2D eigenvalue weighted by atomic mass is 32.2. The first-order valence-corrected chi connectivity index (χ1v) is 9.31. The van der Waals surface area contributed by atoms with E-state index in [2.05, 4.69) is 0 Å². The predicted molar refractivity (Wildman–Crippen MR) is 94.1 cm³/mol. The largest absolute Gasteiger partial charge is 0.463 e. The molecule has 1 saturated heterocycles. The maximum atomic E-state index is 11.8. The van der Waals surface area contributed by atoms with Crippen molar-refractivity contribution in [3.63, 3.8) is 0 Å².